The van der Waals surface area contributed by atoms with Gasteiger partial charge in [0.25, 0.3) is 0 Å². The van der Waals surface area contributed by atoms with Crippen molar-refractivity contribution in [3.63, 3.8) is 0 Å². The molecule has 20 heavy (non-hydrogen) atoms. The summed E-state index contributed by atoms with van der Waals surface area (Å²) in [5.41, 5.74) is 2.65. The third kappa shape index (κ3) is 2.28. The van der Waals surface area contributed by atoms with E-state index in [0.717, 1.165) is 22.0 Å². The topological polar surface area (TPSA) is 58.9 Å². The molecular weight excluding hydrogens is 252 g/mol. The Bertz CT molecular complexity index is 734. The largest absolute Gasteiger partial charge is 0.361 e. The van der Waals surface area contributed by atoms with Crippen LogP contribution in [0.3, 0.4) is 0 Å². The van der Waals surface area contributed by atoms with E-state index in [1.54, 1.807) is 6.20 Å². The summed E-state index contributed by atoms with van der Waals surface area (Å²) in [6.45, 7) is 0. The normalized spacial score (nSPS) is 12.4. The number of benzene rings is 2. The molecule has 0 radical (unpaired) electrons. The Morgan fingerprint density at radius 1 is 1.05 bits per heavy atom. The average molecular weight is 266 g/mol. The van der Waals surface area contributed by atoms with Crippen LogP contribution in [-0.4, -0.2) is 9.91 Å². The van der Waals surface area contributed by atoms with Crippen molar-refractivity contribution in [1.82, 2.24) is 4.98 Å². The number of aromatic amines is 1. The molecule has 0 saturated carbocycles. The van der Waals surface area contributed by atoms with Crippen molar-refractivity contribution in [3.05, 3.63) is 82.0 Å². The summed E-state index contributed by atoms with van der Waals surface area (Å²) < 4.78 is 0. The van der Waals surface area contributed by atoms with Gasteiger partial charge in [0.15, 0.2) is 0 Å². The number of H-pyrrole nitrogens is 1. The molecule has 0 aliphatic rings. The number of fused-ring (bicyclic) bond motifs is 1. The number of nitrogens with zero attached hydrogens (tertiary/aromatic N) is 1. The standard InChI is InChI=1S/C16H14N2O2/c19-18(20)16(10-12-6-2-1-3-7-12)14-11-17-15-9-5-4-8-13(14)15/h1-9,11,16-17H,10H2. The second-order valence-corrected chi connectivity index (χ2v) is 4.78. The Morgan fingerprint density at radius 3 is 2.50 bits per heavy atom. The van der Waals surface area contributed by atoms with Crippen molar-refractivity contribution in [2.24, 2.45) is 0 Å². The van der Waals surface area contributed by atoms with Gasteiger partial charge in [-0.2, -0.15) is 0 Å². The van der Waals surface area contributed by atoms with Gasteiger partial charge in [0.2, 0.25) is 6.04 Å². The predicted octanol–water partition coefficient (Wildman–Crippen LogP) is 3.73. The highest BCUT2D eigenvalue weighted by Gasteiger charge is 2.26. The molecule has 1 heterocycles. The highest BCUT2D eigenvalue weighted by atomic mass is 16.6. The maximum atomic E-state index is 11.4. The van der Waals surface area contributed by atoms with Crippen LogP contribution in [0.2, 0.25) is 0 Å². The van der Waals surface area contributed by atoms with Gasteiger partial charge in [-0.15, -0.1) is 0 Å². The fourth-order valence-corrected chi connectivity index (χ4v) is 2.51. The molecule has 0 aliphatic carbocycles. The molecule has 2 aromatic carbocycles. The monoisotopic (exact) mass is 266 g/mol. The smallest absolute Gasteiger partial charge is 0.244 e. The van der Waals surface area contributed by atoms with E-state index in [0.29, 0.717) is 6.42 Å². The number of nitrogens with one attached hydrogen (secondary N) is 1. The lowest BCUT2D eigenvalue weighted by atomic mass is 9.99. The summed E-state index contributed by atoms with van der Waals surface area (Å²) in [5.74, 6) is 0. The zero-order chi connectivity index (χ0) is 13.9. The van der Waals surface area contributed by atoms with Crippen molar-refractivity contribution in [1.29, 1.82) is 0 Å². The number of aromatic nitrogens is 1. The Balaban J connectivity index is 2.01. The minimum Gasteiger partial charge on any atom is -0.361 e. The Labute approximate surface area is 116 Å². The van der Waals surface area contributed by atoms with Crippen LogP contribution in [0, 0.1) is 10.1 Å². The molecule has 1 aromatic heterocycles. The van der Waals surface area contributed by atoms with Gasteiger partial charge in [-0.3, -0.25) is 10.1 Å². The summed E-state index contributed by atoms with van der Waals surface area (Å²) in [5, 5.41) is 12.4. The Morgan fingerprint density at radius 2 is 1.75 bits per heavy atom. The van der Waals surface area contributed by atoms with E-state index in [1.165, 1.54) is 0 Å². The van der Waals surface area contributed by atoms with E-state index < -0.39 is 6.04 Å². The van der Waals surface area contributed by atoms with Crippen molar-refractivity contribution < 1.29 is 4.92 Å². The van der Waals surface area contributed by atoms with Gasteiger partial charge < -0.3 is 4.98 Å². The molecule has 0 fully saturated rings. The van der Waals surface area contributed by atoms with Gasteiger partial charge in [-0.1, -0.05) is 48.5 Å². The van der Waals surface area contributed by atoms with Gasteiger partial charge in [0.1, 0.15) is 0 Å². The molecule has 0 amide bonds. The van der Waals surface area contributed by atoms with Crippen LogP contribution in [0.1, 0.15) is 17.2 Å². The minimum absolute atomic E-state index is 0.206. The Hall–Kier alpha value is -2.62. The lowest BCUT2D eigenvalue weighted by Gasteiger charge is -2.09. The zero-order valence-corrected chi connectivity index (χ0v) is 10.8. The SMILES string of the molecule is O=[N+]([O-])C(Cc1ccccc1)c1c[nH]c2ccccc12. The van der Waals surface area contributed by atoms with Gasteiger partial charge in [0, 0.05) is 28.4 Å². The van der Waals surface area contributed by atoms with Crippen molar-refractivity contribution in [2.45, 2.75) is 12.5 Å². The van der Waals surface area contributed by atoms with Crippen LogP contribution in [0.5, 0.6) is 0 Å². The first-order chi connectivity index (χ1) is 9.75. The molecule has 0 spiro atoms. The first kappa shape index (κ1) is 12.4. The van der Waals surface area contributed by atoms with Gasteiger partial charge >= 0.3 is 0 Å². The average Bonchev–Trinajstić information content (AvgIpc) is 2.89. The van der Waals surface area contributed by atoms with Crippen LogP contribution < -0.4 is 0 Å². The molecule has 3 aromatic rings. The van der Waals surface area contributed by atoms with Gasteiger partial charge in [-0.05, 0) is 11.6 Å². The summed E-state index contributed by atoms with van der Waals surface area (Å²) in [4.78, 5) is 14.3. The predicted molar refractivity (Wildman–Crippen MR) is 78.2 cm³/mol. The molecule has 4 heteroatoms. The van der Waals surface area contributed by atoms with Crippen molar-refractivity contribution in [3.8, 4) is 0 Å². The van der Waals surface area contributed by atoms with Gasteiger partial charge in [-0.25, -0.2) is 0 Å². The third-order valence-electron chi connectivity index (χ3n) is 3.51. The number of hydrogen-bond acceptors (Lipinski definition) is 2. The first-order valence-electron chi connectivity index (χ1n) is 6.49. The minimum atomic E-state index is -0.728. The summed E-state index contributed by atoms with van der Waals surface area (Å²) in [6.07, 6.45) is 2.15. The second kappa shape index (κ2) is 5.17. The van der Waals surface area contributed by atoms with Gasteiger partial charge in [0.05, 0.1) is 5.56 Å². The molecular formula is C16H14N2O2. The van der Waals surface area contributed by atoms with Crippen LogP contribution in [0.25, 0.3) is 10.9 Å². The van der Waals surface area contributed by atoms with E-state index in [-0.39, 0.29) is 4.92 Å². The lowest BCUT2D eigenvalue weighted by Crippen LogP contribution is -2.13. The van der Waals surface area contributed by atoms with Crippen LogP contribution >= 0.6 is 0 Å². The molecule has 3 rings (SSSR count). The first-order valence-corrected chi connectivity index (χ1v) is 6.49. The van der Waals surface area contributed by atoms with E-state index in [1.807, 2.05) is 54.6 Å². The maximum absolute atomic E-state index is 11.4. The number of para-hydroxylation sites is 1. The molecule has 4 nitrogen and oxygen atoms in total. The van der Waals surface area contributed by atoms with Crippen LogP contribution in [0.15, 0.2) is 60.8 Å². The quantitative estimate of drug-likeness (QED) is 0.577. The number of nitro groups is 1. The fraction of sp³-hybridized carbons (Fsp3) is 0.125. The molecule has 1 unspecified atom stereocenters. The summed E-state index contributed by atoms with van der Waals surface area (Å²) in [7, 11) is 0. The molecule has 1 N–H and O–H groups in total. The van der Waals surface area contributed by atoms with Crippen molar-refractivity contribution in [2.75, 3.05) is 0 Å². The van der Waals surface area contributed by atoms with Crippen molar-refractivity contribution >= 4 is 10.9 Å². The molecule has 100 valence electrons. The van der Waals surface area contributed by atoms with E-state index in [2.05, 4.69) is 4.98 Å². The van der Waals surface area contributed by atoms with E-state index in [4.69, 9.17) is 0 Å². The van der Waals surface area contributed by atoms with E-state index in [9.17, 15) is 10.1 Å². The molecule has 0 aliphatic heterocycles. The molecule has 1 atom stereocenters. The molecule has 0 saturated heterocycles. The fourth-order valence-electron chi connectivity index (χ4n) is 2.51. The van der Waals surface area contributed by atoms with E-state index >= 15 is 0 Å². The lowest BCUT2D eigenvalue weighted by molar-refractivity contribution is -0.528. The second-order valence-electron chi connectivity index (χ2n) is 4.78. The molecule has 0 bridgehead atoms. The zero-order valence-electron chi connectivity index (χ0n) is 10.8. The van der Waals surface area contributed by atoms with Crippen LogP contribution in [0.4, 0.5) is 0 Å². The third-order valence-corrected chi connectivity index (χ3v) is 3.51. The highest BCUT2D eigenvalue weighted by Crippen LogP contribution is 2.28. The number of hydrogen-bond donors (Lipinski definition) is 1. The summed E-state index contributed by atoms with van der Waals surface area (Å²) in [6, 6.07) is 16.5. The Kier molecular flexibility index (Phi) is 3.21. The number of rotatable bonds is 4. The maximum Gasteiger partial charge on any atom is 0.244 e. The van der Waals surface area contributed by atoms with Crippen LogP contribution in [-0.2, 0) is 6.42 Å². The summed E-state index contributed by atoms with van der Waals surface area (Å²) >= 11 is 0. The highest BCUT2D eigenvalue weighted by molar-refractivity contribution is 5.83.